The number of urea groups is 1. The number of likely N-dealkylation sites (tertiary alicyclic amines) is 2. The van der Waals surface area contributed by atoms with Crippen LogP contribution in [-0.4, -0.2) is 42.0 Å². The van der Waals surface area contributed by atoms with Crippen molar-refractivity contribution in [1.82, 2.24) is 9.80 Å². The van der Waals surface area contributed by atoms with Gasteiger partial charge in [0.25, 0.3) is 0 Å². The van der Waals surface area contributed by atoms with Crippen LogP contribution < -0.4 is 5.32 Å². The van der Waals surface area contributed by atoms with Crippen molar-refractivity contribution < 1.29 is 13.6 Å². The minimum Gasteiger partial charge on any atom is -0.325 e. The van der Waals surface area contributed by atoms with E-state index in [9.17, 15) is 13.6 Å². The van der Waals surface area contributed by atoms with Crippen molar-refractivity contribution in [2.45, 2.75) is 61.3 Å². The summed E-state index contributed by atoms with van der Waals surface area (Å²) in [6, 6.07) is 18.7. The molecule has 200 valence electrons. The molecule has 0 radical (unpaired) electrons. The number of hydrogen-bond donors (Lipinski definition) is 1. The predicted octanol–water partition coefficient (Wildman–Crippen LogP) is 7.82. The van der Waals surface area contributed by atoms with E-state index in [2.05, 4.69) is 41.4 Å². The molecular weight excluding hydrogens is 500 g/mol. The van der Waals surface area contributed by atoms with Gasteiger partial charge in [-0.25, -0.2) is 13.6 Å². The van der Waals surface area contributed by atoms with Crippen molar-refractivity contribution in [1.29, 1.82) is 0 Å². The van der Waals surface area contributed by atoms with Crippen molar-refractivity contribution >= 4 is 23.5 Å². The molecule has 0 atom stereocenters. The van der Waals surface area contributed by atoms with E-state index in [0.29, 0.717) is 10.8 Å². The second-order valence-electron chi connectivity index (χ2n) is 10.4. The highest BCUT2D eigenvalue weighted by Crippen LogP contribution is 2.33. The first-order chi connectivity index (χ1) is 18.4. The summed E-state index contributed by atoms with van der Waals surface area (Å²) in [7, 11) is 0. The Balaban J connectivity index is 1.13. The number of nitrogens with one attached hydrogen (secondary N) is 1. The second kappa shape index (κ2) is 12.3. The number of piperidine rings is 2. The molecule has 7 heteroatoms. The molecule has 0 aromatic heterocycles. The van der Waals surface area contributed by atoms with Gasteiger partial charge in [-0.15, -0.1) is 0 Å². The number of carbonyl (C=O) groups excluding carboxylic acids is 1. The van der Waals surface area contributed by atoms with Gasteiger partial charge in [-0.05, 0) is 117 Å². The fourth-order valence-electron chi connectivity index (χ4n) is 5.46. The van der Waals surface area contributed by atoms with E-state index in [1.54, 1.807) is 6.07 Å². The lowest BCUT2D eigenvalue weighted by Gasteiger charge is -2.33. The molecule has 38 heavy (non-hydrogen) atoms. The lowest BCUT2D eigenvalue weighted by Crippen LogP contribution is -2.38. The molecule has 5 rings (SSSR count). The summed E-state index contributed by atoms with van der Waals surface area (Å²) in [6.45, 7) is 6.81. The fraction of sp³-hybridized carbons (Fsp3) is 0.387. The summed E-state index contributed by atoms with van der Waals surface area (Å²) in [6.07, 6.45) is 5.57. The Morgan fingerprint density at radius 2 is 1.58 bits per heavy atom. The Labute approximate surface area is 228 Å². The van der Waals surface area contributed by atoms with Crippen LogP contribution in [-0.2, 0) is 6.54 Å². The number of benzene rings is 3. The quantitative estimate of drug-likeness (QED) is 0.350. The SMILES string of the molecule is Cc1ccc(NC(=O)N2CCCCC2)cc1C1CCN(Cc2ccc(Sc3ccc(F)c(F)c3)cc2)CC1. The molecule has 0 spiro atoms. The van der Waals surface area contributed by atoms with Gasteiger partial charge in [-0.3, -0.25) is 4.90 Å². The van der Waals surface area contributed by atoms with Crippen molar-refractivity contribution in [3.63, 3.8) is 0 Å². The van der Waals surface area contributed by atoms with Gasteiger partial charge in [0.2, 0.25) is 0 Å². The molecule has 3 aromatic rings. The Morgan fingerprint density at radius 1 is 0.868 bits per heavy atom. The van der Waals surface area contributed by atoms with E-state index < -0.39 is 11.6 Å². The zero-order chi connectivity index (χ0) is 26.5. The predicted molar refractivity (Wildman–Crippen MR) is 150 cm³/mol. The van der Waals surface area contributed by atoms with Gasteiger partial charge >= 0.3 is 6.03 Å². The number of halogens is 2. The number of anilines is 1. The number of rotatable bonds is 6. The van der Waals surface area contributed by atoms with E-state index in [-0.39, 0.29) is 6.03 Å². The molecule has 2 fully saturated rings. The number of carbonyl (C=O) groups is 1. The molecule has 0 saturated carbocycles. The highest BCUT2D eigenvalue weighted by Gasteiger charge is 2.23. The fourth-order valence-corrected chi connectivity index (χ4v) is 6.30. The third-order valence-electron chi connectivity index (χ3n) is 7.66. The largest absolute Gasteiger partial charge is 0.325 e. The average molecular weight is 536 g/mol. The molecule has 2 aliphatic rings. The Bertz CT molecular complexity index is 1250. The zero-order valence-corrected chi connectivity index (χ0v) is 22.7. The number of aryl methyl sites for hydroxylation is 1. The Hall–Kier alpha value is -2.90. The number of nitrogens with zero attached hydrogens (tertiary/aromatic N) is 2. The highest BCUT2D eigenvalue weighted by atomic mass is 32.2. The summed E-state index contributed by atoms with van der Waals surface area (Å²) < 4.78 is 26.7. The summed E-state index contributed by atoms with van der Waals surface area (Å²) in [5.41, 5.74) is 4.77. The Morgan fingerprint density at radius 3 is 2.29 bits per heavy atom. The summed E-state index contributed by atoms with van der Waals surface area (Å²) in [4.78, 5) is 18.8. The molecule has 2 amide bonds. The van der Waals surface area contributed by atoms with Crippen LogP contribution in [0.1, 0.15) is 54.7 Å². The van der Waals surface area contributed by atoms with Crippen molar-refractivity contribution in [3.05, 3.63) is 89.0 Å². The highest BCUT2D eigenvalue weighted by molar-refractivity contribution is 7.99. The lowest BCUT2D eigenvalue weighted by atomic mass is 9.86. The standard InChI is InChI=1S/C31H35F2N3OS/c1-22-5-8-25(34-31(37)36-15-3-2-4-16-36)19-28(22)24-13-17-35(18-14-24)21-23-6-9-26(10-7-23)38-27-11-12-29(32)30(33)20-27/h5-12,19-20,24H,2-4,13-18,21H2,1H3,(H,34,37). The summed E-state index contributed by atoms with van der Waals surface area (Å²) >= 11 is 1.43. The maximum Gasteiger partial charge on any atom is 0.321 e. The van der Waals surface area contributed by atoms with E-state index in [4.69, 9.17) is 0 Å². The molecular formula is C31H35F2N3OS. The number of hydrogen-bond acceptors (Lipinski definition) is 3. The van der Waals surface area contributed by atoms with Crippen LogP contribution >= 0.6 is 11.8 Å². The molecule has 0 aliphatic carbocycles. The monoisotopic (exact) mass is 535 g/mol. The first-order valence-electron chi connectivity index (χ1n) is 13.6. The summed E-state index contributed by atoms with van der Waals surface area (Å²) in [5.74, 6) is -1.15. The molecule has 2 heterocycles. The summed E-state index contributed by atoms with van der Waals surface area (Å²) in [5, 5.41) is 3.12. The van der Waals surface area contributed by atoms with Crippen LogP contribution in [0.15, 0.2) is 70.5 Å². The van der Waals surface area contributed by atoms with E-state index in [1.165, 1.54) is 47.0 Å². The van der Waals surface area contributed by atoms with Gasteiger partial charge in [0, 0.05) is 35.1 Å². The van der Waals surface area contributed by atoms with Crippen LogP contribution in [0, 0.1) is 18.6 Å². The van der Waals surface area contributed by atoms with Crippen molar-refractivity contribution in [3.8, 4) is 0 Å². The maximum atomic E-state index is 13.5. The Kier molecular flexibility index (Phi) is 8.65. The topological polar surface area (TPSA) is 35.6 Å². The molecule has 2 saturated heterocycles. The number of amides is 2. The smallest absolute Gasteiger partial charge is 0.321 e. The van der Waals surface area contributed by atoms with E-state index >= 15 is 0 Å². The second-order valence-corrected chi connectivity index (χ2v) is 11.6. The van der Waals surface area contributed by atoms with Gasteiger partial charge in [-0.2, -0.15) is 0 Å². The zero-order valence-electron chi connectivity index (χ0n) is 21.9. The van der Waals surface area contributed by atoms with Gasteiger partial charge in [0.15, 0.2) is 11.6 Å². The van der Waals surface area contributed by atoms with Crippen LogP contribution in [0.5, 0.6) is 0 Å². The molecule has 3 aromatic carbocycles. The first-order valence-corrected chi connectivity index (χ1v) is 14.4. The van der Waals surface area contributed by atoms with Crippen LogP contribution in [0.3, 0.4) is 0 Å². The molecule has 0 unspecified atom stereocenters. The minimum atomic E-state index is -0.823. The van der Waals surface area contributed by atoms with Gasteiger partial charge in [-0.1, -0.05) is 30.0 Å². The third kappa shape index (κ3) is 6.75. The lowest BCUT2D eigenvalue weighted by molar-refractivity contribution is 0.200. The van der Waals surface area contributed by atoms with Gasteiger partial charge < -0.3 is 10.2 Å². The third-order valence-corrected chi connectivity index (χ3v) is 8.65. The maximum absolute atomic E-state index is 13.5. The van der Waals surface area contributed by atoms with Crippen LogP contribution in [0.4, 0.5) is 19.3 Å². The van der Waals surface area contributed by atoms with Crippen LogP contribution in [0.25, 0.3) is 0 Å². The van der Waals surface area contributed by atoms with Crippen LogP contribution in [0.2, 0.25) is 0 Å². The van der Waals surface area contributed by atoms with Crippen molar-refractivity contribution in [2.24, 2.45) is 0 Å². The van der Waals surface area contributed by atoms with Crippen molar-refractivity contribution in [2.75, 3.05) is 31.5 Å². The molecule has 4 nitrogen and oxygen atoms in total. The van der Waals surface area contributed by atoms with E-state index in [0.717, 1.165) is 69.0 Å². The van der Waals surface area contributed by atoms with Gasteiger partial charge in [0.05, 0.1) is 0 Å². The average Bonchev–Trinajstić information content (AvgIpc) is 2.94. The molecule has 2 aliphatic heterocycles. The molecule has 0 bridgehead atoms. The normalized spacial score (nSPS) is 17.0. The van der Waals surface area contributed by atoms with E-state index in [1.807, 2.05) is 23.1 Å². The first kappa shape index (κ1) is 26.7. The van der Waals surface area contributed by atoms with Gasteiger partial charge in [0.1, 0.15) is 0 Å². The molecule has 1 N–H and O–H groups in total. The minimum absolute atomic E-state index is 0.0172.